The van der Waals surface area contributed by atoms with E-state index in [9.17, 15) is 5.11 Å². The summed E-state index contributed by atoms with van der Waals surface area (Å²) in [6.45, 7) is 4.58. The van der Waals surface area contributed by atoms with Crippen molar-refractivity contribution in [1.82, 2.24) is 14.9 Å². The van der Waals surface area contributed by atoms with E-state index in [1.165, 1.54) is 24.0 Å². The maximum Gasteiger partial charge on any atom is 0.145 e. The summed E-state index contributed by atoms with van der Waals surface area (Å²) in [6, 6.07) is 4.51. The number of aliphatic hydroxyl groups excluding tert-OH is 1. The number of aliphatic hydroxyl groups is 1. The van der Waals surface area contributed by atoms with Gasteiger partial charge in [-0.15, -0.1) is 0 Å². The molecule has 1 aliphatic carbocycles. The Morgan fingerprint density at radius 1 is 1.22 bits per heavy atom. The minimum atomic E-state index is 0.259. The summed E-state index contributed by atoms with van der Waals surface area (Å²) in [4.78, 5) is 9.93. The second-order valence-corrected chi connectivity index (χ2v) is 6.78. The number of H-pyrrole nitrogens is 1. The van der Waals surface area contributed by atoms with E-state index in [1.54, 1.807) is 0 Å². The lowest BCUT2D eigenvalue weighted by atomic mass is 10.1. The molecule has 0 bridgehead atoms. The molecular weight excluding hydrogens is 288 g/mol. The number of imidazole rings is 1. The highest BCUT2D eigenvalue weighted by Crippen LogP contribution is 2.33. The van der Waals surface area contributed by atoms with Gasteiger partial charge in [0, 0.05) is 6.04 Å². The minimum Gasteiger partial charge on any atom is -0.510 e. The normalized spacial score (nSPS) is 19.6. The number of hydrogen-bond donors (Lipinski definition) is 3. The number of aromatic nitrogens is 2. The van der Waals surface area contributed by atoms with E-state index in [2.05, 4.69) is 35.9 Å². The van der Waals surface area contributed by atoms with Crippen LogP contribution < -0.4 is 0 Å². The highest BCUT2D eigenvalue weighted by molar-refractivity contribution is 6.23. The van der Waals surface area contributed by atoms with E-state index < -0.39 is 0 Å². The quantitative estimate of drug-likeness (QED) is 0.792. The fraction of sp³-hybridized carbons (Fsp3) is 0.444. The summed E-state index contributed by atoms with van der Waals surface area (Å²) in [7, 11) is 0. The predicted octanol–water partition coefficient (Wildman–Crippen LogP) is 3.68. The number of benzene rings is 1. The van der Waals surface area contributed by atoms with Crippen LogP contribution in [0.5, 0.6) is 0 Å². The summed E-state index contributed by atoms with van der Waals surface area (Å²) in [5.41, 5.74) is 4.80. The summed E-state index contributed by atoms with van der Waals surface area (Å²) < 4.78 is 0. The molecule has 2 aromatic rings. The van der Waals surface area contributed by atoms with Gasteiger partial charge in [-0.05, 0) is 49.9 Å². The van der Waals surface area contributed by atoms with Crippen LogP contribution >= 0.6 is 0 Å². The van der Waals surface area contributed by atoms with Crippen LogP contribution in [0.2, 0.25) is 0 Å². The molecule has 0 unspecified atom stereocenters. The Hall–Kier alpha value is -2.30. The molecule has 3 N–H and O–H groups in total. The van der Waals surface area contributed by atoms with Crippen LogP contribution in [0.4, 0.5) is 0 Å². The Bertz CT molecular complexity index is 788. The highest BCUT2D eigenvalue weighted by Gasteiger charge is 2.35. The first kappa shape index (κ1) is 14.3. The molecule has 1 fully saturated rings. The van der Waals surface area contributed by atoms with Gasteiger partial charge in [0.2, 0.25) is 0 Å². The van der Waals surface area contributed by atoms with Crippen molar-refractivity contribution in [2.75, 3.05) is 6.54 Å². The molecule has 0 spiro atoms. The van der Waals surface area contributed by atoms with E-state index >= 15 is 0 Å². The van der Waals surface area contributed by atoms with Gasteiger partial charge in [0.1, 0.15) is 17.4 Å². The Morgan fingerprint density at radius 2 is 1.91 bits per heavy atom. The minimum absolute atomic E-state index is 0.259. The van der Waals surface area contributed by atoms with Crippen molar-refractivity contribution in [3.05, 3.63) is 34.8 Å². The first-order chi connectivity index (χ1) is 11.0. The van der Waals surface area contributed by atoms with E-state index in [0.29, 0.717) is 29.8 Å². The monoisotopic (exact) mass is 310 g/mol. The van der Waals surface area contributed by atoms with Crippen LogP contribution in [0.25, 0.3) is 16.6 Å². The Kier molecular flexibility index (Phi) is 3.18. The van der Waals surface area contributed by atoms with E-state index in [-0.39, 0.29) is 5.76 Å². The molecule has 0 amide bonds. The zero-order chi connectivity index (χ0) is 16.1. The van der Waals surface area contributed by atoms with Gasteiger partial charge < -0.3 is 15.0 Å². The number of rotatable bonds is 2. The van der Waals surface area contributed by atoms with Gasteiger partial charge in [0.15, 0.2) is 0 Å². The Balaban J connectivity index is 1.72. The molecule has 5 heteroatoms. The third-order valence-electron chi connectivity index (χ3n) is 5.23. The van der Waals surface area contributed by atoms with Gasteiger partial charge >= 0.3 is 0 Å². The van der Waals surface area contributed by atoms with E-state index in [0.717, 1.165) is 23.9 Å². The lowest BCUT2D eigenvalue weighted by Gasteiger charge is -2.25. The van der Waals surface area contributed by atoms with Crippen LogP contribution in [-0.2, 0) is 0 Å². The molecule has 23 heavy (non-hydrogen) atoms. The standard InChI is InChI=1S/C18H22N4O/c1-10-7-13-14(8-11(10)2)21-18(20-13)16-15(23)9-22(17(16)19)12-5-3-4-6-12/h7-8,12,19,23H,3-6,9H2,1-2H3,(H,20,21). The molecule has 4 rings (SSSR count). The number of nitrogens with one attached hydrogen (secondary N) is 2. The van der Waals surface area contributed by atoms with Crippen LogP contribution in [0.3, 0.4) is 0 Å². The van der Waals surface area contributed by atoms with Crippen LogP contribution in [-0.4, -0.2) is 38.4 Å². The smallest absolute Gasteiger partial charge is 0.145 e. The molecule has 1 aromatic carbocycles. The number of aromatic amines is 1. The molecule has 0 radical (unpaired) electrons. The number of hydrogen-bond acceptors (Lipinski definition) is 3. The van der Waals surface area contributed by atoms with Gasteiger partial charge in [0.25, 0.3) is 0 Å². The maximum absolute atomic E-state index is 10.4. The fourth-order valence-corrected chi connectivity index (χ4v) is 3.76. The molecule has 0 saturated heterocycles. The summed E-state index contributed by atoms with van der Waals surface area (Å²) in [5, 5.41) is 18.9. The van der Waals surface area contributed by atoms with Gasteiger partial charge in [0.05, 0.1) is 23.2 Å². The van der Waals surface area contributed by atoms with Crippen molar-refractivity contribution in [1.29, 1.82) is 5.41 Å². The third kappa shape index (κ3) is 2.22. The molecule has 1 aliphatic heterocycles. The predicted molar refractivity (Wildman–Crippen MR) is 91.8 cm³/mol. The topological polar surface area (TPSA) is 76.0 Å². The van der Waals surface area contributed by atoms with Gasteiger partial charge in [-0.2, -0.15) is 0 Å². The second kappa shape index (κ2) is 5.11. The zero-order valence-corrected chi connectivity index (χ0v) is 13.6. The molecular formula is C18H22N4O. The largest absolute Gasteiger partial charge is 0.510 e. The molecule has 120 valence electrons. The highest BCUT2D eigenvalue weighted by atomic mass is 16.3. The van der Waals surface area contributed by atoms with Crippen molar-refractivity contribution in [2.45, 2.75) is 45.6 Å². The lowest BCUT2D eigenvalue weighted by Crippen LogP contribution is -2.35. The van der Waals surface area contributed by atoms with Crippen molar-refractivity contribution in [3.63, 3.8) is 0 Å². The zero-order valence-electron chi connectivity index (χ0n) is 13.6. The van der Waals surface area contributed by atoms with Gasteiger partial charge in [-0.1, -0.05) is 12.8 Å². The average Bonchev–Trinajstić information content (AvgIpc) is 3.19. The Labute approximate surface area is 135 Å². The van der Waals surface area contributed by atoms with Crippen LogP contribution in [0, 0.1) is 19.3 Å². The number of nitrogens with zero attached hydrogens (tertiary/aromatic N) is 2. The maximum atomic E-state index is 10.4. The van der Waals surface area contributed by atoms with Crippen molar-refractivity contribution in [3.8, 4) is 0 Å². The first-order valence-corrected chi connectivity index (χ1v) is 8.29. The van der Waals surface area contributed by atoms with Gasteiger partial charge in [-0.3, -0.25) is 5.41 Å². The molecule has 2 heterocycles. The molecule has 0 atom stereocenters. The van der Waals surface area contributed by atoms with Crippen LogP contribution in [0.15, 0.2) is 17.9 Å². The van der Waals surface area contributed by atoms with E-state index in [1.807, 2.05) is 4.90 Å². The van der Waals surface area contributed by atoms with Crippen molar-refractivity contribution >= 4 is 22.4 Å². The molecule has 2 aliphatic rings. The van der Waals surface area contributed by atoms with Crippen molar-refractivity contribution < 1.29 is 5.11 Å². The van der Waals surface area contributed by atoms with E-state index in [4.69, 9.17) is 5.41 Å². The number of fused-ring (bicyclic) bond motifs is 1. The average molecular weight is 310 g/mol. The van der Waals surface area contributed by atoms with Crippen molar-refractivity contribution in [2.24, 2.45) is 0 Å². The van der Waals surface area contributed by atoms with Crippen LogP contribution in [0.1, 0.15) is 42.6 Å². The summed E-state index contributed by atoms with van der Waals surface area (Å²) >= 11 is 0. The summed E-state index contributed by atoms with van der Waals surface area (Å²) in [5.74, 6) is 1.27. The fourth-order valence-electron chi connectivity index (χ4n) is 3.76. The molecule has 1 saturated carbocycles. The SMILES string of the molecule is Cc1cc2nc(C3=C(O)CN(C4CCCC4)C3=N)[nH]c2cc1C. The first-order valence-electron chi connectivity index (χ1n) is 8.29. The lowest BCUT2D eigenvalue weighted by molar-refractivity contribution is 0.296. The third-order valence-corrected chi connectivity index (χ3v) is 5.23. The van der Waals surface area contributed by atoms with Gasteiger partial charge in [-0.25, -0.2) is 4.98 Å². The number of amidine groups is 1. The second-order valence-electron chi connectivity index (χ2n) is 6.78. The molecule has 1 aromatic heterocycles. The number of aryl methyl sites for hydroxylation is 2. The Morgan fingerprint density at radius 3 is 2.65 bits per heavy atom. The molecule has 5 nitrogen and oxygen atoms in total. The summed E-state index contributed by atoms with van der Waals surface area (Å²) in [6.07, 6.45) is 4.66.